The molecule has 0 saturated heterocycles. The zero-order chi connectivity index (χ0) is 20.8. The third-order valence-electron chi connectivity index (χ3n) is 3.21. The van der Waals surface area contributed by atoms with Crippen molar-refractivity contribution in [1.29, 1.82) is 0 Å². The first-order valence-corrected chi connectivity index (χ1v) is 8.01. The zero-order valence-corrected chi connectivity index (χ0v) is 15.2. The molecule has 0 aromatic heterocycles. The number of ether oxygens (including phenoxy) is 1. The highest BCUT2D eigenvalue weighted by Crippen LogP contribution is 2.23. The normalized spacial score (nSPS) is 9.70. The first kappa shape index (κ1) is 23.8. The number of nitrogens with zero attached hydrogens (tertiary/aromatic N) is 2. The maximum atomic E-state index is 10.7. The average molecular weight is 380 g/mol. The monoisotopic (exact) mass is 380 g/mol. The van der Waals surface area contributed by atoms with Crippen molar-refractivity contribution in [1.82, 2.24) is 4.90 Å². The summed E-state index contributed by atoms with van der Waals surface area (Å²) in [5.74, 6) is -2.98. The van der Waals surface area contributed by atoms with Gasteiger partial charge in [0.15, 0.2) is 0 Å². The third-order valence-corrected chi connectivity index (χ3v) is 3.21. The van der Waals surface area contributed by atoms with E-state index in [2.05, 4.69) is 18.1 Å². The van der Waals surface area contributed by atoms with Crippen LogP contribution in [0.15, 0.2) is 43.5 Å². The first-order chi connectivity index (χ1) is 12.7. The van der Waals surface area contributed by atoms with Gasteiger partial charge in [0.1, 0.15) is 5.75 Å². The van der Waals surface area contributed by atoms with E-state index in [0.717, 1.165) is 26.1 Å². The molecule has 9 nitrogen and oxygen atoms in total. The zero-order valence-electron chi connectivity index (χ0n) is 15.2. The van der Waals surface area contributed by atoms with Crippen LogP contribution in [0.1, 0.15) is 12.0 Å². The number of hydrogen-bond acceptors (Lipinski definition) is 6. The lowest BCUT2D eigenvalue weighted by molar-refractivity contribution is -0.385. The summed E-state index contributed by atoms with van der Waals surface area (Å²) >= 11 is 0. The Morgan fingerprint density at radius 3 is 2.19 bits per heavy atom. The molecule has 1 aromatic rings. The van der Waals surface area contributed by atoms with Crippen LogP contribution in [0.2, 0.25) is 0 Å². The van der Waals surface area contributed by atoms with E-state index >= 15 is 0 Å². The molecule has 0 spiro atoms. The second-order valence-electron chi connectivity index (χ2n) is 5.35. The first-order valence-electron chi connectivity index (χ1n) is 8.01. The van der Waals surface area contributed by atoms with Crippen molar-refractivity contribution in [3.05, 3.63) is 59.2 Å². The SMILES string of the molecule is C=CCN(CC=C)CCCOc1ccc([N+](=O)[O-])c(C)c1.O=C(O)C(=O)O. The largest absolute Gasteiger partial charge is 0.494 e. The van der Waals surface area contributed by atoms with Crippen molar-refractivity contribution in [2.45, 2.75) is 13.3 Å². The van der Waals surface area contributed by atoms with Gasteiger partial charge < -0.3 is 14.9 Å². The van der Waals surface area contributed by atoms with Gasteiger partial charge in [-0.25, -0.2) is 9.59 Å². The molecular weight excluding hydrogens is 356 g/mol. The van der Waals surface area contributed by atoms with E-state index in [0.29, 0.717) is 17.9 Å². The molecule has 1 aromatic carbocycles. The van der Waals surface area contributed by atoms with Crippen molar-refractivity contribution in [3.63, 3.8) is 0 Å². The lowest BCUT2D eigenvalue weighted by Crippen LogP contribution is -2.26. The summed E-state index contributed by atoms with van der Waals surface area (Å²) in [5, 5.41) is 25.5. The highest BCUT2D eigenvalue weighted by Gasteiger charge is 2.10. The van der Waals surface area contributed by atoms with Crippen molar-refractivity contribution in [2.24, 2.45) is 0 Å². The van der Waals surface area contributed by atoms with Crippen LogP contribution < -0.4 is 4.74 Å². The van der Waals surface area contributed by atoms with Gasteiger partial charge in [0.2, 0.25) is 0 Å². The van der Waals surface area contributed by atoms with Gasteiger partial charge in [0.25, 0.3) is 5.69 Å². The summed E-state index contributed by atoms with van der Waals surface area (Å²) in [6, 6.07) is 4.81. The number of carboxylic acids is 2. The molecule has 0 radical (unpaired) electrons. The van der Waals surface area contributed by atoms with Gasteiger partial charge in [-0.15, -0.1) is 13.2 Å². The van der Waals surface area contributed by atoms with Gasteiger partial charge in [-0.3, -0.25) is 15.0 Å². The van der Waals surface area contributed by atoms with Crippen LogP contribution in [-0.2, 0) is 9.59 Å². The molecule has 0 aliphatic heterocycles. The summed E-state index contributed by atoms with van der Waals surface area (Å²) < 4.78 is 5.63. The summed E-state index contributed by atoms with van der Waals surface area (Å²) in [6.07, 6.45) is 4.60. The minimum absolute atomic E-state index is 0.116. The second-order valence-corrected chi connectivity index (χ2v) is 5.35. The Bertz CT molecular complexity index is 652. The van der Waals surface area contributed by atoms with Gasteiger partial charge in [0, 0.05) is 31.3 Å². The molecule has 0 aliphatic carbocycles. The Labute approximate surface area is 157 Å². The summed E-state index contributed by atoms with van der Waals surface area (Å²) in [6.45, 7) is 12.3. The Hall–Kier alpha value is -3.20. The molecule has 2 N–H and O–H groups in total. The predicted molar refractivity (Wildman–Crippen MR) is 100 cm³/mol. The molecule has 0 aliphatic rings. The Morgan fingerprint density at radius 2 is 1.78 bits per heavy atom. The molecule has 1 rings (SSSR count). The average Bonchev–Trinajstić information content (AvgIpc) is 2.59. The molecule has 27 heavy (non-hydrogen) atoms. The summed E-state index contributed by atoms with van der Waals surface area (Å²) in [4.78, 5) is 30.8. The maximum Gasteiger partial charge on any atom is 0.414 e. The highest BCUT2D eigenvalue weighted by molar-refractivity contribution is 6.27. The number of benzene rings is 1. The number of carboxylic acid groups (broad SMARTS) is 2. The molecule has 0 amide bonds. The number of aryl methyl sites for hydroxylation is 1. The van der Waals surface area contributed by atoms with Crippen LogP contribution in [0.3, 0.4) is 0 Å². The predicted octanol–water partition coefficient (Wildman–Crippen LogP) is 2.50. The second kappa shape index (κ2) is 13.1. The lowest BCUT2D eigenvalue weighted by Gasteiger charge is -2.18. The fraction of sp³-hybridized carbons (Fsp3) is 0.333. The van der Waals surface area contributed by atoms with Crippen molar-refractivity contribution < 1.29 is 29.5 Å². The molecule has 0 atom stereocenters. The van der Waals surface area contributed by atoms with E-state index in [4.69, 9.17) is 24.5 Å². The van der Waals surface area contributed by atoms with Gasteiger partial charge in [-0.05, 0) is 25.5 Å². The summed E-state index contributed by atoms with van der Waals surface area (Å²) in [7, 11) is 0. The molecule has 0 bridgehead atoms. The molecule has 9 heteroatoms. The van der Waals surface area contributed by atoms with Crippen LogP contribution in [0.4, 0.5) is 5.69 Å². The van der Waals surface area contributed by atoms with E-state index in [-0.39, 0.29) is 10.6 Å². The van der Waals surface area contributed by atoms with Gasteiger partial charge in [-0.2, -0.15) is 0 Å². The quantitative estimate of drug-likeness (QED) is 0.208. The van der Waals surface area contributed by atoms with Crippen LogP contribution in [0.25, 0.3) is 0 Å². The Balaban J connectivity index is 0.000000972. The lowest BCUT2D eigenvalue weighted by atomic mass is 10.2. The highest BCUT2D eigenvalue weighted by atomic mass is 16.6. The Morgan fingerprint density at radius 1 is 1.22 bits per heavy atom. The molecular formula is C18H24N2O7. The van der Waals surface area contributed by atoms with Gasteiger partial charge in [0.05, 0.1) is 11.5 Å². The molecule has 148 valence electrons. The van der Waals surface area contributed by atoms with Crippen LogP contribution >= 0.6 is 0 Å². The number of rotatable bonds is 10. The van der Waals surface area contributed by atoms with E-state index in [1.165, 1.54) is 6.07 Å². The molecule has 0 fully saturated rings. The van der Waals surface area contributed by atoms with E-state index in [1.807, 2.05) is 12.2 Å². The van der Waals surface area contributed by atoms with Crippen LogP contribution in [-0.4, -0.2) is 58.2 Å². The summed E-state index contributed by atoms with van der Waals surface area (Å²) in [5.41, 5.74) is 0.725. The van der Waals surface area contributed by atoms with E-state index < -0.39 is 11.9 Å². The number of hydrogen-bond donors (Lipinski definition) is 2. The topological polar surface area (TPSA) is 130 Å². The minimum Gasteiger partial charge on any atom is -0.494 e. The van der Waals surface area contributed by atoms with Gasteiger partial charge >= 0.3 is 11.9 Å². The third kappa shape index (κ3) is 10.4. The maximum absolute atomic E-state index is 10.7. The fourth-order valence-electron chi connectivity index (χ4n) is 2.02. The van der Waals surface area contributed by atoms with E-state index in [9.17, 15) is 10.1 Å². The number of aliphatic carboxylic acids is 2. The minimum atomic E-state index is -1.82. The van der Waals surface area contributed by atoms with Crippen molar-refractivity contribution >= 4 is 17.6 Å². The number of carbonyl (C=O) groups is 2. The molecule has 0 heterocycles. The Kier molecular flexibility index (Phi) is 11.5. The van der Waals surface area contributed by atoms with Crippen molar-refractivity contribution in [2.75, 3.05) is 26.2 Å². The smallest absolute Gasteiger partial charge is 0.414 e. The van der Waals surface area contributed by atoms with E-state index in [1.54, 1.807) is 19.1 Å². The molecule has 0 unspecified atom stereocenters. The standard InChI is InChI=1S/C16H22N2O3.C2H2O4/c1-4-9-17(10-5-2)11-6-12-21-15-7-8-16(18(19)20)14(3)13-15;3-1(4)2(5)6/h4-5,7-8,13H,1-2,6,9-12H2,3H3;(H,3,4)(H,5,6). The van der Waals surface area contributed by atoms with Crippen LogP contribution in [0, 0.1) is 17.0 Å². The fourth-order valence-corrected chi connectivity index (χ4v) is 2.02. The van der Waals surface area contributed by atoms with Crippen LogP contribution in [0.5, 0.6) is 5.75 Å². The number of nitro groups is 1. The van der Waals surface area contributed by atoms with Gasteiger partial charge in [-0.1, -0.05) is 12.2 Å². The van der Waals surface area contributed by atoms with Crippen molar-refractivity contribution in [3.8, 4) is 5.75 Å². The molecule has 0 saturated carbocycles. The number of nitro benzene ring substituents is 1.